The number of hydrogen-bond donors (Lipinski definition) is 2. The SMILES string of the molecule is Cc1ccc2ccccc2c1CN1C(=O)C(NC(=O)OC(C)(C)C)CNc2cc(C#N)ccc21. The summed E-state index contributed by atoms with van der Waals surface area (Å²) in [7, 11) is 0. The Morgan fingerprint density at radius 2 is 1.97 bits per heavy atom. The van der Waals surface area contributed by atoms with E-state index in [1.807, 2.05) is 37.3 Å². The lowest BCUT2D eigenvalue weighted by atomic mass is 9.98. The molecule has 174 valence electrons. The van der Waals surface area contributed by atoms with E-state index in [4.69, 9.17) is 4.74 Å². The van der Waals surface area contributed by atoms with E-state index in [-0.39, 0.29) is 12.5 Å². The molecule has 0 aromatic heterocycles. The van der Waals surface area contributed by atoms with E-state index in [1.54, 1.807) is 43.9 Å². The van der Waals surface area contributed by atoms with Gasteiger partial charge >= 0.3 is 6.09 Å². The highest BCUT2D eigenvalue weighted by atomic mass is 16.6. The largest absolute Gasteiger partial charge is 0.444 e. The maximum atomic E-state index is 13.8. The normalized spacial score (nSPS) is 15.7. The summed E-state index contributed by atoms with van der Waals surface area (Å²) in [4.78, 5) is 27.9. The van der Waals surface area contributed by atoms with Crippen LogP contribution >= 0.6 is 0 Å². The van der Waals surface area contributed by atoms with Gasteiger partial charge in [0.2, 0.25) is 0 Å². The van der Waals surface area contributed by atoms with E-state index in [0.29, 0.717) is 23.5 Å². The fourth-order valence-electron chi connectivity index (χ4n) is 4.13. The molecule has 4 rings (SSSR count). The van der Waals surface area contributed by atoms with Crippen molar-refractivity contribution in [3.63, 3.8) is 0 Å². The molecule has 3 aromatic carbocycles. The highest BCUT2D eigenvalue weighted by molar-refractivity contribution is 6.03. The van der Waals surface area contributed by atoms with Crippen LogP contribution in [0.15, 0.2) is 54.6 Å². The van der Waals surface area contributed by atoms with Gasteiger partial charge in [0.05, 0.1) is 29.6 Å². The Kier molecular flexibility index (Phi) is 6.16. The van der Waals surface area contributed by atoms with Crippen LogP contribution in [0.25, 0.3) is 10.8 Å². The summed E-state index contributed by atoms with van der Waals surface area (Å²) in [6, 6.07) is 18.7. The van der Waals surface area contributed by atoms with Crippen molar-refractivity contribution in [2.75, 3.05) is 16.8 Å². The molecule has 1 atom stereocenters. The fraction of sp³-hybridized carbons (Fsp3) is 0.296. The Labute approximate surface area is 199 Å². The first-order valence-electron chi connectivity index (χ1n) is 11.2. The number of amides is 2. The Morgan fingerprint density at radius 1 is 1.21 bits per heavy atom. The molecule has 0 saturated carbocycles. The highest BCUT2D eigenvalue weighted by Gasteiger charge is 2.33. The van der Waals surface area contributed by atoms with Crippen LogP contribution < -0.4 is 15.5 Å². The summed E-state index contributed by atoms with van der Waals surface area (Å²) >= 11 is 0. The molecule has 2 amide bonds. The minimum atomic E-state index is -0.844. The summed E-state index contributed by atoms with van der Waals surface area (Å²) in [5, 5.41) is 17.5. The van der Waals surface area contributed by atoms with Crippen molar-refractivity contribution in [3.05, 3.63) is 71.3 Å². The molecule has 0 fully saturated rings. The van der Waals surface area contributed by atoms with Crippen LogP contribution in [-0.4, -0.2) is 30.2 Å². The molecule has 2 N–H and O–H groups in total. The molecule has 1 heterocycles. The van der Waals surface area contributed by atoms with E-state index in [1.165, 1.54) is 0 Å². The van der Waals surface area contributed by atoms with Gasteiger partial charge in [-0.15, -0.1) is 0 Å². The Balaban J connectivity index is 1.75. The molecule has 1 aliphatic rings. The fourth-order valence-corrected chi connectivity index (χ4v) is 4.13. The van der Waals surface area contributed by atoms with Gasteiger partial charge in [0.25, 0.3) is 5.91 Å². The lowest BCUT2D eigenvalue weighted by Gasteiger charge is -2.28. The number of carbonyl (C=O) groups excluding carboxylic acids is 2. The van der Waals surface area contributed by atoms with Crippen molar-refractivity contribution < 1.29 is 14.3 Å². The van der Waals surface area contributed by atoms with Crippen molar-refractivity contribution in [1.82, 2.24) is 5.32 Å². The lowest BCUT2D eigenvalue weighted by Crippen LogP contribution is -2.51. The van der Waals surface area contributed by atoms with Crippen LogP contribution in [0.5, 0.6) is 0 Å². The Morgan fingerprint density at radius 3 is 2.71 bits per heavy atom. The number of ether oxygens (including phenoxy) is 1. The van der Waals surface area contributed by atoms with Crippen LogP contribution in [-0.2, 0) is 16.1 Å². The number of benzene rings is 3. The van der Waals surface area contributed by atoms with Crippen LogP contribution in [0.3, 0.4) is 0 Å². The molecule has 0 bridgehead atoms. The number of anilines is 2. The topological polar surface area (TPSA) is 94.5 Å². The molecule has 1 unspecified atom stereocenters. The van der Waals surface area contributed by atoms with Crippen LogP contribution in [0.2, 0.25) is 0 Å². The molecule has 0 spiro atoms. The van der Waals surface area contributed by atoms with Gasteiger partial charge in [0.1, 0.15) is 11.6 Å². The predicted molar refractivity (Wildman–Crippen MR) is 133 cm³/mol. The molecule has 7 nitrogen and oxygen atoms in total. The van der Waals surface area contributed by atoms with Gasteiger partial charge in [0, 0.05) is 6.54 Å². The first kappa shape index (κ1) is 23.1. The van der Waals surface area contributed by atoms with Crippen molar-refractivity contribution in [2.24, 2.45) is 0 Å². The Hall–Kier alpha value is -4.05. The second-order valence-electron chi connectivity index (χ2n) is 9.43. The number of aryl methyl sites for hydroxylation is 1. The van der Waals surface area contributed by atoms with Crippen LogP contribution in [0.1, 0.15) is 37.5 Å². The number of nitrogens with one attached hydrogen (secondary N) is 2. The quantitative estimate of drug-likeness (QED) is 0.586. The Bertz CT molecular complexity index is 1300. The third-order valence-electron chi connectivity index (χ3n) is 5.76. The lowest BCUT2D eigenvalue weighted by molar-refractivity contribution is -0.120. The van der Waals surface area contributed by atoms with E-state index in [0.717, 1.165) is 21.9 Å². The van der Waals surface area contributed by atoms with Gasteiger partial charge in [-0.3, -0.25) is 4.79 Å². The third-order valence-corrected chi connectivity index (χ3v) is 5.76. The number of hydrogen-bond acceptors (Lipinski definition) is 5. The van der Waals surface area contributed by atoms with Gasteiger partial charge < -0.3 is 20.3 Å². The molecular formula is C27H28N4O3. The summed E-state index contributed by atoms with van der Waals surface area (Å²) < 4.78 is 5.38. The highest BCUT2D eigenvalue weighted by Crippen LogP contribution is 2.33. The zero-order chi connectivity index (χ0) is 24.5. The van der Waals surface area contributed by atoms with E-state index >= 15 is 0 Å². The summed E-state index contributed by atoms with van der Waals surface area (Å²) in [6.07, 6.45) is -0.655. The van der Waals surface area contributed by atoms with Crippen LogP contribution in [0.4, 0.5) is 16.2 Å². The van der Waals surface area contributed by atoms with Crippen molar-refractivity contribution in [1.29, 1.82) is 5.26 Å². The smallest absolute Gasteiger partial charge is 0.408 e. The second-order valence-corrected chi connectivity index (χ2v) is 9.43. The van der Waals surface area contributed by atoms with Gasteiger partial charge in [-0.1, -0.05) is 36.4 Å². The van der Waals surface area contributed by atoms with Crippen molar-refractivity contribution in [2.45, 2.75) is 45.9 Å². The third kappa shape index (κ3) is 4.81. The number of nitriles is 1. The zero-order valence-electron chi connectivity index (χ0n) is 19.8. The average molecular weight is 457 g/mol. The summed E-state index contributed by atoms with van der Waals surface area (Å²) in [5.74, 6) is -0.255. The number of nitrogens with zero attached hydrogens (tertiary/aromatic N) is 2. The molecule has 1 aliphatic heterocycles. The molecule has 7 heteroatoms. The van der Waals surface area contributed by atoms with Crippen molar-refractivity contribution >= 4 is 34.1 Å². The summed E-state index contributed by atoms with van der Waals surface area (Å²) in [6.45, 7) is 7.83. The first-order chi connectivity index (χ1) is 16.2. The average Bonchev–Trinajstić information content (AvgIpc) is 2.91. The van der Waals surface area contributed by atoms with E-state index < -0.39 is 17.7 Å². The minimum absolute atomic E-state index is 0.172. The maximum absolute atomic E-state index is 13.8. The molecule has 34 heavy (non-hydrogen) atoms. The van der Waals surface area contributed by atoms with Gasteiger partial charge in [-0.2, -0.15) is 5.26 Å². The predicted octanol–water partition coefficient (Wildman–Crippen LogP) is 4.87. The summed E-state index contributed by atoms with van der Waals surface area (Å²) in [5.41, 5.74) is 3.22. The minimum Gasteiger partial charge on any atom is -0.444 e. The molecule has 0 saturated heterocycles. The zero-order valence-corrected chi connectivity index (χ0v) is 19.8. The molecule has 0 aliphatic carbocycles. The number of alkyl carbamates (subject to hydrolysis) is 1. The molecule has 0 radical (unpaired) electrons. The maximum Gasteiger partial charge on any atom is 0.408 e. The first-order valence-corrected chi connectivity index (χ1v) is 11.2. The number of rotatable bonds is 3. The number of fused-ring (bicyclic) bond motifs is 2. The van der Waals surface area contributed by atoms with Gasteiger partial charge in [-0.25, -0.2) is 4.79 Å². The number of carbonyl (C=O) groups is 2. The molecular weight excluding hydrogens is 428 g/mol. The second kappa shape index (κ2) is 9.06. The standard InChI is InChI=1S/C27H28N4O3/c1-17-9-11-19-7-5-6-8-20(19)21(17)16-31-24-12-10-18(14-28)13-22(24)29-15-23(25(31)32)30-26(33)34-27(2,3)4/h5-13,23,29H,15-16H2,1-4H3,(H,30,33). The molecule has 3 aromatic rings. The monoisotopic (exact) mass is 456 g/mol. The van der Waals surface area contributed by atoms with E-state index in [9.17, 15) is 14.9 Å². The van der Waals surface area contributed by atoms with Crippen LogP contribution in [0, 0.1) is 18.3 Å². The van der Waals surface area contributed by atoms with Gasteiger partial charge in [0.15, 0.2) is 0 Å². The van der Waals surface area contributed by atoms with Gasteiger partial charge in [-0.05, 0) is 67.8 Å². The van der Waals surface area contributed by atoms with E-state index in [2.05, 4.69) is 22.8 Å². The van der Waals surface area contributed by atoms with Crippen molar-refractivity contribution in [3.8, 4) is 6.07 Å².